The molecule has 1 aromatic carbocycles. The summed E-state index contributed by atoms with van der Waals surface area (Å²) in [5.41, 5.74) is 8.29. The molecule has 3 heteroatoms. The van der Waals surface area contributed by atoms with Gasteiger partial charge >= 0.3 is 0 Å². The van der Waals surface area contributed by atoms with Crippen molar-refractivity contribution in [1.29, 1.82) is 0 Å². The fourth-order valence-electron chi connectivity index (χ4n) is 2.44. The first-order valence-corrected chi connectivity index (χ1v) is 6.66. The van der Waals surface area contributed by atoms with E-state index in [2.05, 4.69) is 22.9 Å². The molecule has 1 aliphatic rings. The van der Waals surface area contributed by atoms with Gasteiger partial charge in [0.2, 0.25) is 0 Å². The van der Waals surface area contributed by atoms with Crippen molar-refractivity contribution in [2.24, 2.45) is 5.73 Å². The fourth-order valence-corrected chi connectivity index (χ4v) is 2.61. The molecule has 90 valence electrons. The Morgan fingerprint density at radius 2 is 2.18 bits per heavy atom. The number of aromatic nitrogens is 1. The van der Waals surface area contributed by atoms with Gasteiger partial charge in [0.25, 0.3) is 0 Å². The van der Waals surface area contributed by atoms with Gasteiger partial charge in [-0.1, -0.05) is 17.7 Å². The zero-order valence-corrected chi connectivity index (χ0v) is 10.6. The van der Waals surface area contributed by atoms with E-state index in [1.807, 2.05) is 6.07 Å². The second-order valence-corrected chi connectivity index (χ2v) is 5.28. The van der Waals surface area contributed by atoms with E-state index < -0.39 is 0 Å². The van der Waals surface area contributed by atoms with Crippen LogP contribution >= 0.6 is 11.6 Å². The van der Waals surface area contributed by atoms with E-state index in [4.69, 9.17) is 17.3 Å². The number of hydrogen-bond donors (Lipinski definition) is 1. The van der Waals surface area contributed by atoms with Crippen LogP contribution in [0.3, 0.4) is 0 Å². The molecule has 2 aromatic rings. The van der Waals surface area contributed by atoms with E-state index in [0.29, 0.717) is 6.04 Å². The number of aryl methyl sites for hydroxylation is 1. The van der Waals surface area contributed by atoms with Crippen molar-refractivity contribution in [2.45, 2.75) is 31.7 Å². The molecule has 0 aliphatic heterocycles. The van der Waals surface area contributed by atoms with Gasteiger partial charge in [-0.2, -0.15) is 0 Å². The summed E-state index contributed by atoms with van der Waals surface area (Å²) < 4.78 is 2.40. The van der Waals surface area contributed by atoms with Crippen molar-refractivity contribution in [3.63, 3.8) is 0 Å². The number of nitrogens with zero attached hydrogens (tertiary/aromatic N) is 1. The minimum Gasteiger partial charge on any atom is -0.344 e. The Hall–Kier alpha value is -0.990. The Morgan fingerprint density at radius 1 is 1.35 bits per heavy atom. The molecule has 3 rings (SSSR count). The van der Waals surface area contributed by atoms with Crippen LogP contribution in [-0.4, -0.2) is 11.1 Å². The van der Waals surface area contributed by atoms with Crippen molar-refractivity contribution in [1.82, 2.24) is 4.57 Å². The molecule has 0 bridgehead atoms. The Labute approximate surface area is 106 Å². The zero-order valence-electron chi connectivity index (χ0n) is 9.82. The van der Waals surface area contributed by atoms with E-state index in [1.165, 1.54) is 29.3 Å². The second kappa shape index (κ2) is 4.35. The number of fused-ring (bicyclic) bond motifs is 1. The van der Waals surface area contributed by atoms with Crippen molar-refractivity contribution in [3.8, 4) is 0 Å². The van der Waals surface area contributed by atoms with Gasteiger partial charge in [0.05, 0.1) is 5.52 Å². The highest BCUT2D eigenvalue weighted by Crippen LogP contribution is 2.39. The van der Waals surface area contributed by atoms with Gasteiger partial charge in [-0.25, -0.2) is 0 Å². The van der Waals surface area contributed by atoms with Crippen LogP contribution in [-0.2, 0) is 6.42 Å². The Kier molecular flexibility index (Phi) is 2.85. The molecule has 0 saturated heterocycles. The second-order valence-electron chi connectivity index (χ2n) is 4.85. The number of hydrogen-bond acceptors (Lipinski definition) is 1. The van der Waals surface area contributed by atoms with E-state index in [0.717, 1.165) is 24.4 Å². The number of nitrogens with two attached hydrogens (primary N) is 1. The highest BCUT2D eigenvalue weighted by atomic mass is 35.5. The maximum Gasteiger partial charge on any atom is 0.0500 e. The van der Waals surface area contributed by atoms with Crippen molar-refractivity contribution in [2.75, 3.05) is 6.54 Å². The lowest BCUT2D eigenvalue weighted by molar-refractivity contribution is 0.764. The molecule has 1 aliphatic carbocycles. The topological polar surface area (TPSA) is 30.9 Å². The molecule has 17 heavy (non-hydrogen) atoms. The molecule has 1 aromatic heterocycles. The minimum atomic E-state index is 0.697. The van der Waals surface area contributed by atoms with Crippen LogP contribution in [0, 0.1) is 0 Å². The maximum atomic E-state index is 6.10. The van der Waals surface area contributed by atoms with Crippen LogP contribution in [0.5, 0.6) is 0 Å². The van der Waals surface area contributed by atoms with E-state index >= 15 is 0 Å². The standard InChI is InChI=1S/C14H17ClN2/c15-11-3-6-13-10(2-1-7-16)9-17(12-4-5-12)14(13)8-11/h3,6,8-9,12H,1-2,4-5,7,16H2. The lowest BCUT2D eigenvalue weighted by Crippen LogP contribution is -1.99. The van der Waals surface area contributed by atoms with Crippen LogP contribution < -0.4 is 5.73 Å². The average molecular weight is 249 g/mol. The smallest absolute Gasteiger partial charge is 0.0500 e. The molecular formula is C14H17ClN2. The lowest BCUT2D eigenvalue weighted by atomic mass is 10.1. The molecule has 1 fully saturated rings. The first kappa shape index (κ1) is 11.1. The summed E-state index contributed by atoms with van der Waals surface area (Å²) in [6.07, 6.45) is 7.01. The summed E-state index contributed by atoms with van der Waals surface area (Å²) in [5, 5.41) is 2.16. The highest BCUT2D eigenvalue weighted by molar-refractivity contribution is 6.31. The highest BCUT2D eigenvalue weighted by Gasteiger charge is 2.25. The van der Waals surface area contributed by atoms with Gasteiger partial charge in [-0.3, -0.25) is 0 Å². The number of benzene rings is 1. The molecule has 0 atom stereocenters. The SMILES string of the molecule is NCCCc1cn(C2CC2)c2cc(Cl)ccc12. The molecule has 0 spiro atoms. The molecule has 2 nitrogen and oxygen atoms in total. The van der Waals surface area contributed by atoms with Crippen LogP contribution in [0.15, 0.2) is 24.4 Å². The summed E-state index contributed by atoms with van der Waals surface area (Å²) in [5.74, 6) is 0. The third-order valence-corrected chi connectivity index (χ3v) is 3.70. The molecule has 1 saturated carbocycles. The zero-order chi connectivity index (χ0) is 11.8. The number of halogens is 1. The molecular weight excluding hydrogens is 232 g/mol. The third kappa shape index (κ3) is 2.07. The third-order valence-electron chi connectivity index (χ3n) is 3.47. The van der Waals surface area contributed by atoms with E-state index in [-0.39, 0.29) is 0 Å². The lowest BCUT2D eigenvalue weighted by Gasteiger charge is -2.01. The quantitative estimate of drug-likeness (QED) is 0.882. The van der Waals surface area contributed by atoms with Crippen molar-refractivity contribution in [3.05, 3.63) is 35.0 Å². The van der Waals surface area contributed by atoms with Gasteiger partial charge in [0.15, 0.2) is 0 Å². The van der Waals surface area contributed by atoms with E-state index in [9.17, 15) is 0 Å². The summed E-state index contributed by atoms with van der Waals surface area (Å²) in [4.78, 5) is 0. The molecule has 1 heterocycles. The fraction of sp³-hybridized carbons (Fsp3) is 0.429. The summed E-state index contributed by atoms with van der Waals surface area (Å²) >= 11 is 6.10. The molecule has 0 amide bonds. The van der Waals surface area contributed by atoms with Gasteiger partial charge in [0, 0.05) is 22.6 Å². The summed E-state index contributed by atoms with van der Waals surface area (Å²) in [6, 6.07) is 6.90. The molecule has 2 N–H and O–H groups in total. The van der Waals surface area contributed by atoms with Crippen molar-refractivity contribution < 1.29 is 0 Å². The van der Waals surface area contributed by atoms with Crippen LogP contribution in [0.1, 0.15) is 30.9 Å². The van der Waals surface area contributed by atoms with Crippen molar-refractivity contribution >= 4 is 22.5 Å². The Balaban J connectivity index is 2.09. The average Bonchev–Trinajstić information content (AvgIpc) is 3.10. The van der Waals surface area contributed by atoms with Crippen LogP contribution in [0.25, 0.3) is 10.9 Å². The maximum absolute atomic E-state index is 6.10. The largest absolute Gasteiger partial charge is 0.344 e. The first-order valence-electron chi connectivity index (χ1n) is 6.28. The van der Waals surface area contributed by atoms with Gasteiger partial charge in [-0.05, 0) is 49.9 Å². The summed E-state index contributed by atoms with van der Waals surface area (Å²) in [6.45, 7) is 0.754. The van der Waals surface area contributed by atoms with Crippen LogP contribution in [0.4, 0.5) is 0 Å². The number of rotatable bonds is 4. The minimum absolute atomic E-state index is 0.697. The van der Waals surface area contributed by atoms with Crippen LogP contribution in [0.2, 0.25) is 5.02 Å². The summed E-state index contributed by atoms with van der Waals surface area (Å²) in [7, 11) is 0. The molecule has 0 unspecified atom stereocenters. The first-order chi connectivity index (χ1) is 8.29. The van der Waals surface area contributed by atoms with E-state index in [1.54, 1.807) is 0 Å². The van der Waals surface area contributed by atoms with Gasteiger partial charge < -0.3 is 10.3 Å². The predicted molar refractivity (Wildman–Crippen MR) is 72.6 cm³/mol. The van der Waals surface area contributed by atoms with Gasteiger partial charge in [-0.15, -0.1) is 0 Å². The van der Waals surface area contributed by atoms with Gasteiger partial charge in [0.1, 0.15) is 0 Å². The predicted octanol–water partition coefficient (Wildman–Crippen LogP) is 3.52. The normalized spacial score (nSPS) is 15.6. The molecule has 0 radical (unpaired) electrons. The Morgan fingerprint density at radius 3 is 2.88 bits per heavy atom. The monoisotopic (exact) mass is 248 g/mol. The Bertz CT molecular complexity index is 540.